The lowest BCUT2D eigenvalue weighted by molar-refractivity contribution is -0.114. The number of nitrogens with one attached hydrogen (secondary N) is 1. The Bertz CT molecular complexity index is 783. The minimum absolute atomic E-state index is 0.0333. The zero-order valence-electron chi connectivity index (χ0n) is 11.4. The molecule has 7 nitrogen and oxygen atoms in total. The van der Waals surface area contributed by atoms with Gasteiger partial charge in [-0.05, 0) is 17.7 Å². The van der Waals surface area contributed by atoms with Gasteiger partial charge >= 0.3 is 0 Å². The quantitative estimate of drug-likeness (QED) is 0.542. The zero-order valence-corrected chi connectivity index (χ0v) is 12.2. The first-order valence-corrected chi connectivity index (χ1v) is 7.36. The van der Waals surface area contributed by atoms with Crippen molar-refractivity contribution in [3.05, 3.63) is 58.3 Å². The molecular formula is C14H11N5O2S. The van der Waals surface area contributed by atoms with Gasteiger partial charge in [0.15, 0.2) is 0 Å². The standard InChI is InChI=1S/C14H11N5O2S/c20-11(13(21)14-16-8-17-19-14)6-12-18-10(7-22-12)5-9-1-3-15-4-2-9/h1-4,7-8H,5-6H2,(H,16,17,19). The smallest absolute Gasteiger partial charge is 0.268 e. The van der Waals surface area contributed by atoms with Crippen molar-refractivity contribution in [3.8, 4) is 0 Å². The number of pyridine rings is 1. The third-order valence-corrected chi connectivity index (χ3v) is 3.81. The van der Waals surface area contributed by atoms with E-state index in [-0.39, 0.29) is 12.2 Å². The number of carbonyl (C=O) groups excluding carboxylic acids is 2. The van der Waals surface area contributed by atoms with Gasteiger partial charge in [0.25, 0.3) is 5.78 Å². The second kappa shape index (κ2) is 6.35. The highest BCUT2D eigenvalue weighted by Gasteiger charge is 2.21. The highest BCUT2D eigenvalue weighted by molar-refractivity contribution is 7.09. The summed E-state index contributed by atoms with van der Waals surface area (Å²) in [6, 6.07) is 3.83. The first kappa shape index (κ1) is 14.2. The Kier molecular flexibility index (Phi) is 4.10. The van der Waals surface area contributed by atoms with Crippen LogP contribution in [-0.2, 0) is 17.6 Å². The lowest BCUT2D eigenvalue weighted by Gasteiger charge is -1.96. The molecule has 0 aliphatic carbocycles. The molecule has 0 aromatic carbocycles. The summed E-state index contributed by atoms with van der Waals surface area (Å²) in [5.74, 6) is -1.38. The van der Waals surface area contributed by atoms with E-state index in [1.165, 1.54) is 17.7 Å². The molecule has 0 spiro atoms. The number of Topliss-reactive ketones (excluding diaryl/α,β-unsaturated/α-hetero) is 2. The molecule has 0 saturated heterocycles. The maximum absolute atomic E-state index is 11.9. The predicted molar refractivity (Wildman–Crippen MR) is 78.6 cm³/mol. The third kappa shape index (κ3) is 3.29. The van der Waals surface area contributed by atoms with E-state index in [0.717, 1.165) is 11.3 Å². The molecule has 0 radical (unpaired) electrons. The van der Waals surface area contributed by atoms with Crippen LogP contribution in [-0.4, -0.2) is 36.7 Å². The molecule has 0 bridgehead atoms. The van der Waals surface area contributed by atoms with Gasteiger partial charge in [-0.1, -0.05) is 0 Å². The first-order valence-electron chi connectivity index (χ1n) is 6.48. The SMILES string of the molecule is O=C(Cc1nc(Cc2ccncc2)cs1)C(=O)c1nc[nH]n1. The Morgan fingerprint density at radius 1 is 1.23 bits per heavy atom. The van der Waals surface area contributed by atoms with Crippen molar-refractivity contribution in [2.24, 2.45) is 0 Å². The van der Waals surface area contributed by atoms with E-state index in [1.54, 1.807) is 12.4 Å². The van der Waals surface area contributed by atoms with Crippen LogP contribution in [0.25, 0.3) is 0 Å². The average Bonchev–Trinajstić information content (AvgIpc) is 3.19. The van der Waals surface area contributed by atoms with Gasteiger partial charge in [0.05, 0.1) is 12.1 Å². The van der Waals surface area contributed by atoms with Crippen LogP contribution in [0.5, 0.6) is 0 Å². The van der Waals surface area contributed by atoms with Gasteiger partial charge in [-0.25, -0.2) is 9.97 Å². The van der Waals surface area contributed by atoms with E-state index in [4.69, 9.17) is 0 Å². The Balaban J connectivity index is 1.64. The topological polar surface area (TPSA) is 101 Å². The van der Waals surface area contributed by atoms with Crippen molar-refractivity contribution in [2.75, 3.05) is 0 Å². The molecule has 3 aromatic heterocycles. The lowest BCUT2D eigenvalue weighted by Crippen LogP contribution is -2.18. The lowest BCUT2D eigenvalue weighted by atomic mass is 10.1. The van der Waals surface area contributed by atoms with Crippen LogP contribution in [0.15, 0.2) is 36.2 Å². The predicted octanol–water partition coefficient (Wildman–Crippen LogP) is 1.24. The summed E-state index contributed by atoms with van der Waals surface area (Å²) < 4.78 is 0. The molecule has 1 N–H and O–H groups in total. The second-order valence-electron chi connectivity index (χ2n) is 4.52. The Morgan fingerprint density at radius 2 is 2.05 bits per heavy atom. The van der Waals surface area contributed by atoms with E-state index in [0.29, 0.717) is 11.4 Å². The molecule has 22 heavy (non-hydrogen) atoms. The Hall–Kier alpha value is -2.74. The molecule has 0 amide bonds. The van der Waals surface area contributed by atoms with Gasteiger partial charge in [-0.2, -0.15) is 0 Å². The fourth-order valence-corrected chi connectivity index (χ4v) is 2.67. The fraction of sp³-hybridized carbons (Fsp3) is 0.143. The number of aromatic amines is 1. The number of aromatic nitrogens is 5. The van der Waals surface area contributed by atoms with Crippen molar-refractivity contribution in [1.29, 1.82) is 0 Å². The number of rotatable bonds is 6. The van der Waals surface area contributed by atoms with Crippen LogP contribution in [0.2, 0.25) is 0 Å². The van der Waals surface area contributed by atoms with Crippen molar-refractivity contribution in [1.82, 2.24) is 25.1 Å². The molecular weight excluding hydrogens is 302 g/mol. The van der Waals surface area contributed by atoms with Crippen molar-refractivity contribution in [2.45, 2.75) is 12.8 Å². The summed E-state index contributed by atoms with van der Waals surface area (Å²) in [6.07, 6.45) is 5.34. The third-order valence-electron chi connectivity index (χ3n) is 2.92. The maximum atomic E-state index is 11.9. The summed E-state index contributed by atoms with van der Waals surface area (Å²) >= 11 is 1.36. The number of thiazole rings is 1. The summed E-state index contributed by atoms with van der Waals surface area (Å²) in [6.45, 7) is 0. The fourth-order valence-electron chi connectivity index (χ4n) is 1.88. The van der Waals surface area contributed by atoms with E-state index >= 15 is 0 Å². The van der Waals surface area contributed by atoms with Gasteiger partial charge in [0.2, 0.25) is 11.6 Å². The average molecular weight is 313 g/mol. The normalized spacial score (nSPS) is 10.5. The Labute approximate surface area is 129 Å². The molecule has 110 valence electrons. The highest BCUT2D eigenvalue weighted by Crippen LogP contribution is 2.14. The molecule has 3 heterocycles. The van der Waals surface area contributed by atoms with Crippen molar-refractivity contribution < 1.29 is 9.59 Å². The van der Waals surface area contributed by atoms with Gasteiger partial charge in [0.1, 0.15) is 11.3 Å². The van der Waals surface area contributed by atoms with Crippen molar-refractivity contribution in [3.63, 3.8) is 0 Å². The Morgan fingerprint density at radius 3 is 2.77 bits per heavy atom. The van der Waals surface area contributed by atoms with Crippen LogP contribution in [0, 0.1) is 0 Å². The molecule has 3 rings (SSSR count). The largest absolute Gasteiger partial charge is 0.290 e. The van der Waals surface area contributed by atoms with Gasteiger partial charge < -0.3 is 0 Å². The number of hydrogen-bond acceptors (Lipinski definition) is 7. The van der Waals surface area contributed by atoms with Gasteiger partial charge in [-0.3, -0.25) is 19.7 Å². The highest BCUT2D eigenvalue weighted by atomic mass is 32.1. The number of hydrogen-bond donors (Lipinski definition) is 1. The van der Waals surface area contributed by atoms with Crippen LogP contribution in [0.1, 0.15) is 26.9 Å². The van der Waals surface area contributed by atoms with Crippen LogP contribution in [0.4, 0.5) is 0 Å². The second-order valence-corrected chi connectivity index (χ2v) is 5.46. The molecule has 0 aliphatic heterocycles. The molecule has 0 aliphatic rings. The van der Waals surface area contributed by atoms with Crippen LogP contribution in [0.3, 0.4) is 0 Å². The summed E-state index contributed by atoms with van der Waals surface area (Å²) in [4.78, 5) is 35.7. The molecule has 0 atom stereocenters. The van der Waals surface area contributed by atoms with Gasteiger partial charge in [0, 0.05) is 24.2 Å². The van der Waals surface area contributed by atoms with Gasteiger partial charge in [-0.15, -0.1) is 16.4 Å². The van der Waals surface area contributed by atoms with Crippen molar-refractivity contribution >= 4 is 22.9 Å². The number of nitrogens with zero attached hydrogens (tertiary/aromatic N) is 4. The minimum atomic E-state index is -0.702. The monoisotopic (exact) mass is 313 g/mol. The van der Waals surface area contributed by atoms with E-state index < -0.39 is 11.6 Å². The van der Waals surface area contributed by atoms with Crippen LogP contribution >= 0.6 is 11.3 Å². The number of H-pyrrole nitrogens is 1. The minimum Gasteiger partial charge on any atom is -0.290 e. The molecule has 3 aromatic rings. The zero-order chi connectivity index (χ0) is 15.4. The number of carbonyl (C=O) groups is 2. The van der Waals surface area contributed by atoms with E-state index in [9.17, 15) is 9.59 Å². The molecule has 0 fully saturated rings. The maximum Gasteiger partial charge on any atom is 0.268 e. The molecule has 8 heteroatoms. The van der Waals surface area contributed by atoms with E-state index in [1.807, 2.05) is 17.5 Å². The summed E-state index contributed by atoms with van der Waals surface area (Å²) in [5.41, 5.74) is 1.96. The number of ketones is 2. The molecule has 0 unspecified atom stereocenters. The first-order chi connectivity index (χ1) is 10.7. The summed E-state index contributed by atoms with van der Waals surface area (Å²) in [7, 11) is 0. The molecule has 0 saturated carbocycles. The summed E-state index contributed by atoms with van der Waals surface area (Å²) in [5, 5.41) is 8.52. The van der Waals surface area contributed by atoms with Crippen LogP contribution < -0.4 is 0 Å². The van der Waals surface area contributed by atoms with E-state index in [2.05, 4.69) is 25.1 Å².